The average Bonchev–Trinajstić information content (AvgIpc) is 2.87. The van der Waals surface area contributed by atoms with E-state index in [1.54, 1.807) is 30.3 Å². The number of phenols is 1. The Kier molecular flexibility index (Phi) is 12.4. The molecule has 0 unspecified atom stereocenters. The first-order valence-corrected chi connectivity index (χ1v) is 13.4. The van der Waals surface area contributed by atoms with Crippen molar-refractivity contribution in [2.24, 2.45) is 0 Å². The number of esters is 1. The summed E-state index contributed by atoms with van der Waals surface area (Å²) in [6, 6.07) is 10.5. The summed E-state index contributed by atoms with van der Waals surface area (Å²) in [7, 11) is 0. The second-order valence-electron chi connectivity index (χ2n) is 9.01. The number of para-hydroxylation sites is 1. The van der Waals surface area contributed by atoms with E-state index < -0.39 is 0 Å². The molecule has 35 heavy (non-hydrogen) atoms. The number of nitrogens with zero attached hydrogens (tertiary/aromatic N) is 1. The van der Waals surface area contributed by atoms with Crippen LogP contribution in [0.4, 0.5) is 5.69 Å². The van der Waals surface area contributed by atoms with Gasteiger partial charge in [-0.25, -0.2) is 4.79 Å². The van der Waals surface area contributed by atoms with Crippen molar-refractivity contribution in [2.75, 3.05) is 24.6 Å². The van der Waals surface area contributed by atoms with E-state index in [0.717, 1.165) is 70.0 Å². The number of ketones is 1. The lowest BCUT2D eigenvalue weighted by Crippen LogP contribution is -2.22. The Morgan fingerprint density at radius 1 is 0.771 bits per heavy atom. The van der Waals surface area contributed by atoms with Crippen LogP contribution >= 0.6 is 0 Å². The Labute approximate surface area is 211 Å². The molecule has 5 nitrogen and oxygen atoms in total. The van der Waals surface area contributed by atoms with Gasteiger partial charge in [0.1, 0.15) is 5.75 Å². The van der Waals surface area contributed by atoms with E-state index in [1.807, 2.05) is 24.8 Å². The minimum absolute atomic E-state index is 0.0120. The third-order valence-electron chi connectivity index (χ3n) is 6.52. The number of unbranched alkanes of at least 4 members (excludes halogenated alkanes) is 6. The third-order valence-corrected chi connectivity index (χ3v) is 6.52. The molecule has 0 fully saturated rings. The maximum atomic E-state index is 13.7. The van der Waals surface area contributed by atoms with Gasteiger partial charge in [0.2, 0.25) is 0 Å². The molecule has 2 aromatic carbocycles. The maximum Gasteiger partial charge on any atom is 0.338 e. The number of hydrogen-bond acceptors (Lipinski definition) is 5. The molecule has 0 atom stereocenters. The normalized spacial score (nSPS) is 10.9. The first kappa shape index (κ1) is 28.4. The van der Waals surface area contributed by atoms with Crippen LogP contribution in [0.5, 0.6) is 5.75 Å². The number of phenolic OH excluding ortho intramolecular Hbond substituents is 1. The van der Waals surface area contributed by atoms with E-state index in [-0.39, 0.29) is 23.1 Å². The van der Waals surface area contributed by atoms with E-state index in [2.05, 4.69) is 13.8 Å². The fourth-order valence-electron chi connectivity index (χ4n) is 4.44. The predicted octanol–water partition coefficient (Wildman–Crippen LogP) is 7.33. The summed E-state index contributed by atoms with van der Waals surface area (Å²) < 4.78 is 5.58. The molecule has 2 rings (SSSR count). The van der Waals surface area contributed by atoms with Gasteiger partial charge in [-0.1, -0.05) is 70.6 Å². The van der Waals surface area contributed by atoms with Gasteiger partial charge < -0.3 is 14.7 Å². The lowest BCUT2D eigenvalue weighted by atomic mass is 9.90. The Morgan fingerprint density at radius 3 is 2.03 bits per heavy atom. The van der Waals surface area contributed by atoms with Crippen molar-refractivity contribution in [3.05, 3.63) is 58.7 Å². The highest BCUT2D eigenvalue weighted by atomic mass is 16.5. The molecular weight excluding hydrogens is 438 g/mol. The molecule has 1 N–H and O–H groups in total. The number of benzene rings is 2. The summed E-state index contributed by atoms with van der Waals surface area (Å²) in [5.41, 5.74) is 2.55. The van der Waals surface area contributed by atoms with Crippen LogP contribution in [0, 0.1) is 0 Å². The quantitative estimate of drug-likeness (QED) is 0.154. The van der Waals surface area contributed by atoms with Crippen molar-refractivity contribution in [1.29, 1.82) is 0 Å². The number of carbonyl (C=O) groups excluding carboxylic acids is 2. The Hall–Kier alpha value is -2.82. The van der Waals surface area contributed by atoms with E-state index in [9.17, 15) is 14.7 Å². The van der Waals surface area contributed by atoms with Gasteiger partial charge in [-0.2, -0.15) is 0 Å². The highest BCUT2D eigenvalue weighted by Gasteiger charge is 2.24. The SMILES string of the molecule is CCCCCCOC(=O)c1cccc(C(=O)c2cccc(N(CC)CC)c2O)c1CCCCCC. The van der Waals surface area contributed by atoms with Crippen molar-refractivity contribution in [3.8, 4) is 5.75 Å². The van der Waals surface area contributed by atoms with Crippen LogP contribution < -0.4 is 4.90 Å². The summed E-state index contributed by atoms with van der Waals surface area (Å²) in [5.74, 6) is -0.649. The first-order chi connectivity index (χ1) is 17.0. The topological polar surface area (TPSA) is 66.8 Å². The second-order valence-corrected chi connectivity index (χ2v) is 9.01. The van der Waals surface area contributed by atoms with E-state index in [4.69, 9.17) is 4.74 Å². The molecule has 0 spiro atoms. The Morgan fingerprint density at radius 2 is 1.37 bits per heavy atom. The molecule has 0 aromatic heterocycles. The van der Waals surface area contributed by atoms with Crippen LogP contribution in [0.3, 0.4) is 0 Å². The van der Waals surface area contributed by atoms with Gasteiger partial charge in [-0.15, -0.1) is 0 Å². The van der Waals surface area contributed by atoms with Crippen molar-refractivity contribution < 1.29 is 19.4 Å². The van der Waals surface area contributed by atoms with Gasteiger partial charge in [0, 0.05) is 18.7 Å². The molecule has 0 bridgehead atoms. The zero-order chi connectivity index (χ0) is 25.6. The molecule has 0 amide bonds. The van der Waals surface area contributed by atoms with Gasteiger partial charge in [0.15, 0.2) is 5.78 Å². The van der Waals surface area contributed by atoms with E-state index in [0.29, 0.717) is 29.8 Å². The van der Waals surface area contributed by atoms with Crippen molar-refractivity contribution in [3.63, 3.8) is 0 Å². The number of hydrogen-bond donors (Lipinski definition) is 1. The van der Waals surface area contributed by atoms with Crippen molar-refractivity contribution in [1.82, 2.24) is 0 Å². The molecular formula is C30H43NO4. The highest BCUT2D eigenvalue weighted by molar-refractivity contribution is 6.13. The monoisotopic (exact) mass is 481 g/mol. The van der Waals surface area contributed by atoms with Crippen LogP contribution in [-0.4, -0.2) is 36.6 Å². The van der Waals surface area contributed by atoms with E-state index >= 15 is 0 Å². The fraction of sp³-hybridized carbons (Fsp3) is 0.533. The molecule has 0 aliphatic heterocycles. The number of anilines is 1. The summed E-state index contributed by atoms with van der Waals surface area (Å²) in [6.07, 6.45) is 8.90. The van der Waals surface area contributed by atoms with Gasteiger partial charge in [0.25, 0.3) is 0 Å². The Bertz CT molecular complexity index is 949. The minimum atomic E-state index is -0.372. The molecule has 192 valence electrons. The van der Waals surface area contributed by atoms with Gasteiger partial charge in [-0.05, 0) is 56.9 Å². The molecule has 0 saturated carbocycles. The van der Waals surface area contributed by atoms with Crippen LogP contribution in [0.1, 0.15) is 111 Å². The summed E-state index contributed by atoms with van der Waals surface area (Å²) in [6.45, 7) is 10.2. The molecule has 0 aliphatic carbocycles. The van der Waals surface area contributed by atoms with Gasteiger partial charge >= 0.3 is 5.97 Å². The lowest BCUT2D eigenvalue weighted by molar-refractivity contribution is 0.0496. The average molecular weight is 482 g/mol. The zero-order valence-corrected chi connectivity index (χ0v) is 22.1. The van der Waals surface area contributed by atoms with Gasteiger partial charge in [0.05, 0.1) is 23.4 Å². The molecule has 0 heterocycles. The first-order valence-electron chi connectivity index (χ1n) is 13.4. The number of carbonyl (C=O) groups is 2. The van der Waals surface area contributed by atoms with Crippen LogP contribution in [-0.2, 0) is 11.2 Å². The van der Waals surface area contributed by atoms with Gasteiger partial charge in [-0.3, -0.25) is 4.79 Å². The summed E-state index contributed by atoms with van der Waals surface area (Å²) in [5, 5.41) is 11.0. The number of rotatable bonds is 16. The van der Waals surface area contributed by atoms with Crippen molar-refractivity contribution >= 4 is 17.4 Å². The minimum Gasteiger partial charge on any atom is -0.505 e. The number of ether oxygens (including phenoxy) is 1. The Balaban J connectivity index is 2.40. The molecule has 5 heteroatoms. The lowest BCUT2D eigenvalue weighted by Gasteiger charge is -2.23. The second kappa shape index (κ2) is 15.2. The summed E-state index contributed by atoms with van der Waals surface area (Å²) in [4.78, 5) is 28.7. The van der Waals surface area contributed by atoms with Crippen molar-refractivity contribution in [2.45, 2.75) is 85.5 Å². The highest BCUT2D eigenvalue weighted by Crippen LogP contribution is 2.33. The maximum absolute atomic E-state index is 13.7. The molecule has 0 radical (unpaired) electrons. The fourth-order valence-corrected chi connectivity index (χ4v) is 4.44. The standard InChI is InChI=1S/C30H43NO4/c1-5-9-11-13-17-23-24(18-15-19-25(23)30(34)35-22-14-12-10-6-2)28(32)26-20-16-21-27(29(26)33)31(7-3)8-4/h15-16,18-21,33H,5-14,17,22H2,1-4H3. The third kappa shape index (κ3) is 7.84. The molecule has 0 saturated heterocycles. The smallest absolute Gasteiger partial charge is 0.338 e. The molecule has 2 aromatic rings. The van der Waals surface area contributed by atoms with Crippen LogP contribution in [0.2, 0.25) is 0 Å². The summed E-state index contributed by atoms with van der Waals surface area (Å²) >= 11 is 0. The predicted molar refractivity (Wildman–Crippen MR) is 144 cm³/mol. The van der Waals surface area contributed by atoms with Crippen LogP contribution in [0.15, 0.2) is 36.4 Å². The number of aromatic hydroxyl groups is 1. The largest absolute Gasteiger partial charge is 0.505 e. The van der Waals surface area contributed by atoms with E-state index in [1.165, 1.54) is 0 Å². The molecule has 0 aliphatic rings. The van der Waals surface area contributed by atoms with Crippen LogP contribution in [0.25, 0.3) is 0 Å². The zero-order valence-electron chi connectivity index (χ0n) is 22.1.